The fourth-order valence-electron chi connectivity index (χ4n) is 4.09. The highest BCUT2D eigenvalue weighted by atomic mass is 79.9. The van der Waals surface area contributed by atoms with Crippen LogP contribution in [0.1, 0.15) is 44.6 Å². The van der Waals surface area contributed by atoms with Gasteiger partial charge in [-0.2, -0.15) is 0 Å². The zero-order valence-electron chi connectivity index (χ0n) is 12.7. The molecule has 3 heteroatoms. The van der Waals surface area contributed by atoms with E-state index in [1.165, 1.54) is 31.4 Å². The second-order valence-corrected chi connectivity index (χ2v) is 6.62. The standard InChI is InChI=1S/C17H25NO.BrH/c1-12-9-16(13-5-4-6-15(10-13)19-3)14-7-8-18-17(12,2)11-14;/h4-6,10,12,14,16,18H,7-9,11H2,1-3H3;1H. The van der Waals surface area contributed by atoms with Gasteiger partial charge in [-0.25, -0.2) is 0 Å². The summed E-state index contributed by atoms with van der Waals surface area (Å²) in [6.45, 7) is 5.99. The number of benzene rings is 1. The molecule has 1 heterocycles. The van der Waals surface area contributed by atoms with E-state index in [2.05, 4.69) is 37.4 Å². The maximum atomic E-state index is 5.38. The summed E-state index contributed by atoms with van der Waals surface area (Å²) in [4.78, 5) is 0. The smallest absolute Gasteiger partial charge is 0.119 e. The summed E-state index contributed by atoms with van der Waals surface area (Å²) in [5.41, 5.74) is 1.83. The molecule has 1 aliphatic heterocycles. The van der Waals surface area contributed by atoms with Gasteiger partial charge in [0, 0.05) is 5.54 Å². The van der Waals surface area contributed by atoms with Gasteiger partial charge < -0.3 is 10.1 Å². The largest absolute Gasteiger partial charge is 0.497 e. The average molecular weight is 340 g/mol. The molecule has 3 rings (SSSR count). The van der Waals surface area contributed by atoms with Crippen LogP contribution in [0.2, 0.25) is 0 Å². The van der Waals surface area contributed by atoms with Crippen molar-refractivity contribution in [3.05, 3.63) is 29.8 Å². The minimum atomic E-state index is 0. The summed E-state index contributed by atoms with van der Waals surface area (Å²) in [5.74, 6) is 3.27. The van der Waals surface area contributed by atoms with Gasteiger partial charge in [0.05, 0.1) is 7.11 Å². The number of hydrogen-bond acceptors (Lipinski definition) is 2. The van der Waals surface area contributed by atoms with Crippen LogP contribution in [0.4, 0.5) is 0 Å². The number of piperidine rings is 1. The second-order valence-electron chi connectivity index (χ2n) is 6.62. The van der Waals surface area contributed by atoms with E-state index >= 15 is 0 Å². The first-order valence-electron chi connectivity index (χ1n) is 7.51. The highest BCUT2D eigenvalue weighted by Crippen LogP contribution is 2.48. The molecule has 0 radical (unpaired) electrons. The van der Waals surface area contributed by atoms with Crippen LogP contribution in [0.25, 0.3) is 0 Å². The van der Waals surface area contributed by atoms with Gasteiger partial charge >= 0.3 is 0 Å². The molecule has 2 aliphatic rings. The SMILES string of the molecule is Br.COc1cccc(C2CC(C)C3(C)CC2CCN3)c1. The molecular formula is C17H26BrNO. The van der Waals surface area contributed by atoms with Crippen molar-refractivity contribution in [2.75, 3.05) is 13.7 Å². The Kier molecular flexibility index (Phi) is 4.80. The molecule has 112 valence electrons. The molecule has 20 heavy (non-hydrogen) atoms. The van der Waals surface area contributed by atoms with E-state index in [-0.39, 0.29) is 17.0 Å². The highest BCUT2D eigenvalue weighted by molar-refractivity contribution is 8.93. The lowest BCUT2D eigenvalue weighted by molar-refractivity contribution is 0.0708. The Balaban J connectivity index is 0.00000147. The van der Waals surface area contributed by atoms with Crippen molar-refractivity contribution >= 4 is 17.0 Å². The second kappa shape index (κ2) is 6.07. The molecule has 0 amide bonds. The number of methoxy groups -OCH3 is 1. The molecule has 0 aromatic heterocycles. The van der Waals surface area contributed by atoms with Crippen LogP contribution in [0.5, 0.6) is 5.75 Å². The van der Waals surface area contributed by atoms with Gasteiger partial charge in [0.15, 0.2) is 0 Å². The van der Waals surface area contributed by atoms with Crippen molar-refractivity contribution in [2.24, 2.45) is 11.8 Å². The van der Waals surface area contributed by atoms with Gasteiger partial charge in [-0.3, -0.25) is 0 Å². The van der Waals surface area contributed by atoms with E-state index in [4.69, 9.17) is 4.74 Å². The molecule has 1 saturated carbocycles. The van der Waals surface area contributed by atoms with E-state index in [0.717, 1.165) is 17.6 Å². The summed E-state index contributed by atoms with van der Waals surface area (Å²) in [6, 6.07) is 8.70. The maximum Gasteiger partial charge on any atom is 0.119 e. The number of halogens is 1. The lowest BCUT2D eigenvalue weighted by Gasteiger charge is -2.51. The molecule has 0 spiro atoms. The van der Waals surface area contributed by atoms with Crippen molar-refractivity contribution in [3.63, 3.8) is 0 Å². The summed E-state index contributed by atoms with van der Waals surface area (Å²) in [6.07, 6.45) is 3.92. The van der Waals surface area contributed by atoms with E-state index in [1.54, 1.807) is 7.11 Å². The van der Waals surface area contributed by atoms with Crippen molar-refractivity contribution in [1.82, 2.24) is 5.32 Å². The Morgan fingerprint density at radius 2 is 2.15 bits per heavy atom. The molecule has 2 fully saturated rings. The van der Waals surface area contributed by atoms with E-state index in [0.29, 0.717) is 11.5 Å². The summed E-state index contributed by atoms with van der Waals surface area (Å²) >= 11 is 0. The Morgan fingerprint density at radius 1 is 1.35 bits per heavy atom. The van der Waals surface area contributed by atoms with E-state index in [9.17, 15) is 0 Å². The van der Waals surface area contributed by atoms with Crippen LogP contribution >= 0.6 is 17.0 Å². The topological polar surface area (TPSA) is 21.3 Å². The molecule has 2 bridgehead atoms. The Bertz CT molecular complexity index is 464. The van der Waals surface area contributed by atoms with Crippen LogP contribution in [-0.4, -0.2) is 19.2 Å². The number of ether oxygens (including phenoxy) is 1. The van der Waals surface area contributed by atoms with Gasteiger partial charge in [0.1, 0.15) is 5.75 Å². The number of nitrogens with one attached hydrogen (secondary N) is 1. The predicted molar refractivity (Wildman–Crippen MR) is 89.0 cm³/mol. The Morgan fingerprint density at radius 3 is 2.90 bits per heavy atom. The van der Waals surface area contributed by atoms with Crippen LogP contribution in [0.3, 0.4) is 0 Å². The van der Waals surface area contributed by atoms with Crippen LogP contribution in [0, 0.1) is 11.8 Å². The fraction of sp³-hybridized carbons (Fsp3) is 0.647. The zero-order chi connectivity index (χ0) is 13.5. The molecule has 1 N–H and O–H groups in total. The summed E-state index contributed by atoms with van der Waals surface area (Å²) < 4.78 is 5.38. The maximum absolute atomic E-state index is 5.38. The van der Waals surface area contributed by atoms with Gasteiger partial charge in [-0.15, -0.1) is 17.0 Å². The number of rotatable bonds is 2. The molecule has 1 saturated heterocycles. The third-order valence-corrected chi connectivity index (χ3v) is 5.52. The third-order valence-electron chi connectivity index (χ3n) is 5.52. The Hall–Kier alpha value is -0.540. The molecule has 4 atom stereocenters. The van der Waals surface area contributed by atoms with Crippen LogP contribution in [-0.2, 0) is 0 Å². The fourth-order valence-corrected chi connectivity index (χ4v) is 4.09. The van der Waals surface area contributed by atoms with Gasteiger partial charge in [0.2, 0.25) is 0 Å². The Labute approximate surface area is 133 Å². The first kappa shape index (κ1) is 15.8. The number of hydrogen-bond donors (Lipinski definition) is 1. The van der Waals surface area contributed by atoms with Gasteiger partial charge in [-0.05, 0) is 68.2 Å². The van der Waals surface area contributed by atoms with Crippen molar-refractivity contribution in [1.29, 1.82) is 0 Å². The van der Waals surface area contributed by atoms with Gasteiger partial charge in [-0.1, -0.05) is 19.1 Å². The number of fused-ring (bicyclic) bond motifs is 2. The monoisotopic (exact) mass is 339 g/mol. The molecule has 1 aromatic rings. The molecule has 2 nitrogen and oxygen atoms in total. The highest BCUT2D eigenvalue weighted by Gasteiger charge is 2.45. The third kappa shape index (κ3) is 2.75. The lowest BCUT2D eigenvalue weighted by atomic mass is 9.61. The van der Waals surface area contributed by atoms with Crippen LogP contribution in [0.15, 0.2) is 24.3 Å². The molecule has 1 aliphatic carbocycles. The molecule has 4 unspecified atom stereocenters. The molecule has 1 aromatic carbocycles. The summed E-state index contributed by atoms with van der Waals surface area (Å²) in [5, 5.41) is 3.75. The zero-order valence-corrected chi connectivity index (χ0v) is 14.4. The van der Waals surface area contributed by atoms with Crippen molar-refractivity contribution in [2.45, 2.75) is 44.6 Å². The summed E-state index contributed by atoms with van der Waals surface area (Å²) in [7, 11) is 1.75. The first-order chi connectivity index (χ1) is 9.12. The van der Waals surface area contributed by atoms with E-state index < -0.39 is 0 Å². The van der Waals surface area contributed by atoms with Gasteiger partial charge in [0.25, 0.3) is 0 Å². The van der Waals surface area contributed by atoms with Crippen molar-refractivity contribution in [3.8, 4) is 5.75 Å². The quantitative estimate of drug-likeness (QED) is 0.873. The van der Waals surface area contributed by atoms with Crippen molar-refractivity contribution < 1.29 is 4.74 Å². The normalized spacial score (nSPS) is 36.0. The first-order valence-corrected chi connectivity index (χ1v) is 7.51. The van der Waals surface area contributed by atoms with Crippen LogP contribution < -0.4 is 10.1 Å². The predicted octanol–water partition coefficient (Wildman–Crippen LogP) is 4.15. The van der Waals surface area contributed by atoms with E-state index in [1.807, 2.05) is 6.07 Å². The lowest BCUT2D eigenvalue weighted by Crippen LogP contribution is -2.57. The minimum Gasteiger partial charge on any atom is -0.497 e. The average Bonchev–Trinajstić information content (AvgIpc) is 2.43. The minimum absolute atomic E-state index is 0. The molecular weight excluding hydrogens is 314 g/mol.